The second kappa shape index (κ2) is 7.87. The van der Waals surface area contributed by atoms with E-state index in [1.165, 1.54) is 11.3 Å². The number of thiazole rings is 1. The molecule has 0 aliphatic carbocycles. The lowest BCUT2D eigenvalue weighted by Crippen LogP contribution is -2.48. The van der Waals surface area contributed by atoms with Crippen molar-refractivity contribution in [2.24, 2.45) is 11.1 Å². The molecule has 0 aromatic carbocycles. The van der Waals surface area contributed by atoms with Crippen LogP contribution in [0.15, 0.2) is 11.6 Å². The van der Waals surface area contributed by atoms with E-state index in [1.807, 2.05) is 26.2 Å². The van der Waals surface area contributed by atoms with Crippen LogP contribution in [0, 0.1) is 5.41 Å². The molecule has 0 fully saturated rings. The van der Waals surface area contributed by atoms with E-state index in [2.05, 4.69) is 10.3 Å². The summed E-state index contributed by atoms with van der Waals surface area (Å²) in [6.45, 7) is 6.29. The maximum Gasteiger partial charge on any atom is 0.237 e. The molecule has 1 amide bonds. The fraction of sp³-hybridized carbons (Fsp3) is 0.600. The maximum absolute atomic E-state index is 11.6. The predicted molar refractivity (Wildman–Crippen MR) is 75.9 cm³/mol. The summed E-state index contributed by atoms with van der Waals surface area (Å²) >= 11 is 1.52. The van der Waals surface area contributed by atoms with Crippen molar-refractivity contribution in [3.05, 3.63) is 16.6 Å². The molecule has 0 aliphatic rings. The Balaban J connectivity index is 0. The van der Waals surface area contributed by atoms with E-state index < -0.39 is 6.04 Å². The number of nitrogens with one attached hydrogen (secondary N) is 1. The van der Waals surface area contributed by atoms with Crippen molar-refractivity contribution in [1.29, 1.82) is 0 Å². The lowest BCUT2D eigenvalue weighted by atomic mass is 9.87. The first kappa shape index (κ1) is 19.0. The van der Waals surface area contributed by atoms with Crippen molar-refractivity contribution in [3.63, 3.8) is 0 Å². The highest BCUT2D eigenvalue weighted by Crippen LogP contribution is 2.17. The van der Waals surface area contributed by atoms with E-state index in [-0.39, 0.29) is 36.1 Å². The maximum atomic E-state index is 11.6. The molecule has 0 spiro atoms. The fourth-order valence-electron chi connectivity index (χ4n) is 1.01. The van der Waals surface area contributed by atoms with Crippen LogP contribution in [-0.2, 0) is 11.3 Å². The molecule has 4 nitrogen and oxygen atoms in total. The molecule has 1 aromatic rings. The number of halogens is 2. The van der Waals surface area contributed by atoms with Gasteiger partial charge in [0.1, 0.15) is 5.01 Å². The molecule has 0 saturated carbocycles. The molecule has 1 aromatic heterocycles. The zero-order chi connectivity index (χ0) is 11.5. The first-order chi connectivity index (χ1) is 6.91. The van der Waals surface area contributed by atoms with Crippen LogP contribution in [0.1, 0.15) is 25.8 Å². The van der Waals surface area contributed by atoms with Crippen LogP contribution in [0.2, 0.25) is 0 Å². The van der Waals surface area contributed by atoms with E-state index in [9.17, 15) is 4.79 Å². The zero-order valence-electron chi connectivity index (χ0n) is 10.1. The van der Waals surface area contributed by atoms with Gasteiger partial charge in [0.2, 0.25) is 5.91 Å². The van der Waals surface area contributed by atoms with Crippen LogP contribution in [0.4, 0.5) is 0 Å². The lowest BCUT2D eigenvalue weighted by molar-refractivity contribution is -0.124. The molecule has 0 aliphatic heterocycles. The topological polar surface area (TPSA) is 68.0 Å². The van der Waals surface area contributed by atoms with Crippen molar-refractivity contribution < 1.29 is 4.79 Å². The number of carbonyl (C=O) groups excluding carboxylic acids is 1. The smallest absolute Gasteiger partial charge is 0.237 e. The summed E-state index contributed by atoms with van der Waals surface area (Å²) in [4.78, 5) is 15.7. The van der Waals surface area contributed by atoms with Crippen LogP contribution in [0.3, 0.4) is 0 Å². The van der Waals surface area contributed by atoms with Gasteiger partial charge in [-0.2, -0.15) is 0 Å². The number of nitrogens with zero attached hydrogens (tertiary/aromatic N) is 1. The molecule has 0 saturated heterocycles. The lowest BCUT2D eigenvalue weighted by Gasteiger charge is -2.25. The van der Waals surface area contributed by atoms with Crippen molar-refractivity contribution in [3.8, 4) is 0 Å². The van der Waals surface area contributed by atoms with Crippen molar-refractivity contribution in [2.45, 2.75) is 33.4 Å². The van der Waals surface area contributed by atoms with Gasteiger partial charge in [0, 0.05) is 11.6 Å². The van der Waals surface area contributed by atoms with Crippen LogP contribution in [0.25, 0.3) is 0 Å². The molecular weight excluding hydrogens is 281 g/mol. The van der Waals surface area contributed by atoms with Gasteiger partial charge in [-0.25, -0.2) is 4.98 Å². The van der Waals surface area contributed by atoms with E-state index >= 15 is 0 Å². The highest BCUT2D eigenvalue weighted by Gasteiger charge is 2.27. The quantitative estimate of drug-likeness (QED) is 0.897. The largest absolute Gasteiger partial charge is 0.348 e. The summed E-state index contributed by atoms with van der Waals surface area (Å²) in [5.41, 5.74) is 5.59. The van der Waals surface area contributed by atoms with Gasteiger partial charge in [-0.05, 0) is 5.41 Å². The van der Waals surface area contributed by atoms with E-state index in [4.69, 9.17) is 5.73 Å². The average Bonchev–Trinajstić information content (AvgIpc) is 2.63. The average molecular weight is 300 g/mol. The number of hydrogen-bond donors (Lipinski definition) is 2. The molecule has 1 rings (SSSR count). The zero-order valence-corrected chi connectivity index (χ0v) is 12.5. The molecule has 100 valence electrons. The Morgan fingerprint density at radius 3 is 2.53 bits per heavy atom. The standard InChI is InChI=1S/C10H17N3OS.2ClH/c1-10(2,3)8(11)9(14)13-6-7-12-4-5-15-7;;/h4-5,8H,6,11H2,1-3H3,(H,13,14);2*1H/t8-;;/m1../s1. The second-order valence-corrected chi connectivity index (χ2v) is 5.47. The van der Waals surface area contributed by atoms with Gasteiger partial charge in [-0.1, -0.05) is 20.8 Å². The van der Waals surface area contributed by atoms with Crippen molar-refractivity contribution in [2.75, 3.05) is 0 Å². The normalized spacial score (nSPS) is 12.0. The number of aromatic nitrogens is 1. The molecular formula is C10H19Cl2N3OS. The monoisotopic (exact) mass is 299 g/mol. The molecule has 0 unspecified atom stereocenters. The Morgan fingerprint density at radius 1 is 1.53 bits per heavy atom. The van der Waals surface area contributed by atoms with Crippen molar-refractivity contribution in [1.82, 2.24) is 10.3 Å². The molecule has 0 radical (unpaired) electrons. The Labute approximate surface area is 118 Å². The fourth-order valence-corrected chi connectivity index (χ4v) is 1.56. The minimum Gasteiger partial charge on any atom is -0.348 e. The first-order valence-electron chi connectivity index (χ1n) is 4.83. The third-order valence-corrected chi connectivity index (χ3v) is 2.89. The summed E-state index contributed by atoms with van der Waals surface area (Å²) in [5.74, 6) is -0.127. The minimum atomic E-state index is -0.488. The molecule has 1 atom stereocenters. The highest BCUT2D eigenvalue weighted by atomic mass is 35.5. The highest BCUT2D eigenvalue weighted by molar-refractivity contribution is 7.09. The molecule has 0 bridgehead atoms. The molecule has 1 heterocycles. The van der Waals surface area contributed by atoms with E-state index in [0.29, 0.717) is 6.54 Å². The number of hydrogen-bond acceptors (Lipinski definition) is 4. The van der Waals surface area contributed by atoms with Crippen LogP contribution in [0.5, 0.6) is 0 Å². The second-order valence-electron chi connectivity index (χ2n) is 4.49. The van der Waals surface area contributed by atoms with E-state index in [1.54, 1.807) is 6.20 Å². The Kier molecular flexibility index (Phi) is 8.79. The number of rotatable bonds is 3. The SMILES string of the molecule is CC(C)(C)[C@H](N)C(=O)NCc1nccs1.Cl.Cl. The summed E-state index contributed by atoms with van der Waals surface area (Å²) in [6, 6.07) is -0.488. The van der Waals surface area contributed by atoms with Crippen LogP contribution >= 0.6 is 36.2 Å². The van der Waals surface area contributed by atoms with Gasteiger partial charge in [-0.3, -0.25) is 4.79 Å². The van der Waals surface area contributed by atoms with Gasteiger partial charge >= 0.3 is 0 Å². The van der Waals surface area contributed by atoms with Crippen LogP contribution in [-0.4, -0.2) is 16.9 Å². The summed E-state index contributed by atoms with van der Waals surface area (Å²) in [6.07, 6.45) is 1.72. The first-order valence-corrected chi connectivity index (χ1v) is 5.71. The number of nitrogens with two attached hydrogens (primary N) is 1. The molecule has 7 heteroatoms. The Bertz CT molecular complexity index is 325. The van der Waals surface area contributed by atoms with E-state index in [0.717, 1.165) is 5.01 Å². The Morgan fingerprint density at radius 2 is 2.12 bits per heavy atom. The summed E-state index contributed by atoms with van der Waals surface area (Å²) < 4.78 is 0. The van der Waals surface area contributed by atoms with Gasteiger partial charge in [0.25, 0.3) is 0 Å². The number of carbonyl (C=O) groups is 1. The number of amides is 1. The van der Waals surface area contributed by atoms with Gasteiger partial charge in [0.15, 0.2) is 0 Å². The van der Waals surface area contributed by atoms with Crippen LogP contribution < -0.4 is 11.1 Å². The van der Waals surface area contributed by atoms with Gasteiger partial charge in [0.05, 0.1) is 12.6 Å². The minimum absolute atomic E-state index is 0. The van der Waals surface area contributed by atoms with Gasteiger partial charge < -0.3 is 11.1 Å². The third kappa shape index (κ3) is 6.21. The summed E-state index contributed by atoms with van der Waals surface area (Å²) in [7, 11) is 0. The molecule has 17 heavy (non-hydrogen) atoms. The Hall–Kier alpha value is -0.360. The summed E-state index contributed by atoms with van der Waals surface area (Å²) in [5, 5.41) is 5.55. The third-order valence-electron chi connectivity index (χ3n) is 2.11. The van der Waals surface area contributed by atoms with Gasteiger partial charge in [-0.15, -0.1) is 36.2 Å². The predicted octanol–water partition coefficient (Wildman–Crippen LogP) is 1.98. The van der Waals surface area contributed by atoms with Crippen molar-refractivity contribution >= 4 is 42.1 Å². The molecule has 3 N–H and O–H groups in total.